The molecule has 0 aliphatic carbocycles. The Labute approximate surface area is 446 Å². The number of nitrogens with zero attached hydrogens (tertiary/aromatic N) is 2. The molecule has 13 heteroatoms. The molecule has 0 N–H and O–H groups in total. The molecule has 0 aromatic carbocycles. The van der Waals surface area contributed by atoms with Gasteiger partial charge in [-0.15, -0.1) is 0 Å². The zero-order valence-corrected chi connectivity index (χ0v) is 48.5. The monoisotopic (exact) mass is 1020 g/mol. The van der Waals surface area contributed by atoms with E-state index in [9.17, 15) is 35.5 Å². The van der Waals surface area contributed by atoms with Crippen molar-refractivity contribution in [3.05, 3.63) is 0 Å². The van der Waals surface area contributed by atoms with Gasteiger partial charge in [0.15, 0.2) is 0 Å². The summed E-state index contributed by atoms with van der Waals surface area (Å²) in [5, 5.41) is 0. The average molecular weight is 1020 g/mol. The third-order valence-electron chi connectivity index (χ3n) is 13.1. The average Bonchev–Trinajstić information content (AvgIpc) is 3.27. The minimum atomic E-state index is -4.14. The number of rotatable bonds is 50. The van der Waals surface area contributed by atoms with Crippen molar-refractivity contribution in [2.45, 2.75) is 296 Å². The summed E-state index contributed by atoms with van der Waals surface area (Å²) < 4.78 is 63.4. The summed E-state index contributed by atoms with van der Waals surface area (Å²) >= 11 is 0. The van der Waals surface area contributed by atoms with Gasteiger partial charge >= 0.3 is 37.7 Å². The Morgan fingerprint density at radius 3 is 0.672 bits per heavy atom. The molecule has 0 unspecified atom stereocenters. The SMILES string of the molecule is CCCCCCCCCCCCCCCCCCCCCC(=O)N(C)CCCCS(=O)(=O)[O-].CCCCCCCCCCCCCCCCCCCCCC(=O)N(C)CCCCS(=O)(=O)[O-].[Ca+2]. The predicted octanol–water partition coefficient (Wildman–Crippen LogP) is 14.8. The van der Waals surface area contributed by atoms with Gasteiger partial charge in [0.05, 0.1) is 20.2 Å². The number of hydrogen-bond donors (Lipinski definition) is 0. The minimum absolute atomic E-state index is 0. The largest absolute Gasteiger partial charge is 2.00 e. The van der Waals surface area contributed by atoms with Gasteiger partial charge < -0.3 is 18.9 Å². The molecule has 0 aliphatic heterocycles. The van der Waals surface area contributed by atoms with E-state index >= 15 is 0 Å². The Bertz CT molecular complexity index is 1180. The van der Waals surface area contributed by atoms with Crippen molar-refractivity contribution in [3.63, 3.8) is 0 Å². The number of unbranched alkanes of at least 4 members (excludes halogenated alkanes) is 38. The van der Waals surface area contributed by atoms with Gasteiger partial charge in [-0.3, -0.25) is 9.59 Å². The molecular formula is C54H108CaN2O8S2. The second-order valence-corrected chi connectivity index (χ2v) is 22.8. The Morgan fingerprint density at radius 2 is 0.493 bits per heavy atom. The predicted molar refractivity (Wildman–Crippen MR) is 285 cm³/mol. The normalized spacial score (nSPS) is 11.6. The molecule has 10 nitrogen and oxygen atoms in total. The maximum absolute atomic E-state index is 12.1. The van der Waals surface area contributed by atoms with E-state index in [1.165, 1.54) is 218 Å². The molecule has 0 aromatic rings. The second-order valence-electron chi connectivity index (χ2n) is 19.8. The van der Waals surface area contributed by atoms with Crippen LogP contribution in [0.25, 0.3) is 0 Å². The van der Waals surface area contributed by atoms with Gasteiger partial charge in [-0.1, -0.05) is 245 Å². The quantitative estimate of drug-likeness (QED) is 0.0331. The Morgan fingerprint density at radius 1 is 0.313 bits per heavy atom. The fourth-order valence-corrected chi connectivity index (χ4v) is 9.71. The molecule has 0 aromatic heterocycles. The maximum Gasteiger partial charge on any atom is 2.00 e. The van der Waals surface area contributed by atoms with Crippen LogP contribution in [-0.2, 0) is 29.8 Å². The molecule has 0 radical (unpaired) electrons. The minimum Gasteiger partial charge on any atom is -0.748 e. The Kier molecular flexibility index (Phi) is 57.2. The molecular weight excluding hydrogens is 909 g/mol. The van der Waals surface area contributed by atoms with Crippen molar-refractivity contribution in [2.75, 3.05) is 38.7 Å². The zero-order valence-electron chi connectivity index (χ0n) is 44.6. The molecule has 0 heterocycles. The van der Waals surface area contributed by atoms with Gasteiger partial charge in [0.25, 0.3) is 0 Å². The van der Waals surface area contributed by atoms with E-state index in [-0.39, 0.29) is 61.1 Å². The standard InChI is InChI=1S/2C27H55NO4S.Ca/c2*1-3-4-5-6-7-8-9-10-11-12-13-14-15-16-17-18-19-20-21-24-27(29)28(2)25-22-23-26-33(30,31)32;/h2*3-26H2,1-2H3,(H,30,31,32);/q;;+2/p-2. The van der Waals surface area contributed by atoms with Crippen molar-refractivity contribution in [2.24, 2.45) is 0 Å². The van der Waals surface area contributed by atoms with Crippen molar-refractivity contribution in [1.29, 1.82) is 0 Å². The first-order valence-corrected chi connectivity index (χ1v) is 31.2. The smallest absolute Gasteiger partial charge is 0.748 e. The summed E-state index contributed by atoms with van der Waals surface area (Å²) in [5.41, 5.74) is 0. The molecule has 0 spiro atoms. The topological polar surface area (TPSA) is 155 Å². The third kappa shape index (κ3) is 62.1. The molecule has 0 fully saturated rings. The first-order chi connectivity index (χ1) is 31.7. The molecule has 0 aliphatic rings. The molecule has 0 bridgehead atoms. The van der Waals surface area contributed by atoms with E-state index in [1.807, 2.05) is 0 Å². The van der Waals surface area contributed by atoms with Crippen LogP contribution in [0.15, 0.2) is 0 Å². The summed E-state index contributed by atoms with van der Waals surface area (Å²) in [6, 6.07) is 0. The van der Waals surface area contributed by atoms with Gasteiger partial charge in [0, 0.05) is 51.5 Å². The number of amides is 2. The molecule has 67 heavy (non-hydrogen) atoms. The van der Waals surface area contributed by atoms with Crippen LogP contribution in [0.4, 0.5) is 0 Å². The van der Waals surface area contributed by atoms with E-state index in [1.54, 1.807) is 23.9 Å². The summed E-state index contributed by atoms with van der Waals surface area (Å²) in [6.07, 6.45) is 53.9. The molecule has 396 valence electrons. The number of carbonyl (C=O) groups excluding carboxylic acids is 2. The summed E-state index contributed by atoms with van der Waals surface area (Å²) in [7, 11) is -4.77. The third-order valence-corrected chi connectivity index (χ3v) is 14.7. The van der Waals surface area contributed by atoms with E-state index in [4.69, 9.17) is 0 Å². The Balaban J connectivity index is -0.00000120. The first kappa shape index (κ1) is 71.3. The van der Waals surface area contributed by atoms with Crippen LogP contribution in [0.3, 0.4) is 0 Å². The van der Waals surface area contributed by atoms with Crippen molar-refractivity contribution in [1.82, 2.24) is 9.80 Å². The second kappa shape index (κ2) is 53.8. The van der Waals surface area contributed by atoms with Crippen LogP contribution in [-0.4, -0.2) is 124 Å². The van der Waals surface area contributed by atoms with Crippen LogP contribution < -0.4 is 0 Å². The van der Waals surface area contributed by atoms with Gasteiger partial charge in [0.1, 0.15) is 0 Å². The van der Waals surface area contributed by atoms with E-state index in [0.717, 1.165) is 25.7 Å². The molecule has 0 saturated heterocycles. The molecule has 0 saturated carbocycles. The van der Waals surface area contributed by atoms with E-state index in [0.29, 0.717) is 51.6 Å². The van der Waals surface area contributed by atoms with E-state index < -0.39 is 20.2 Å². The van der Waals surface area contributed by atoms with Crippen molar-refractivity contribution in [3.8, 4) is 0 Å². The molecule has 0 atom stereocenters. The van der Waals surface area contributed by atoms with Gasteiger partial charge in [-0.05, 0) is 38.5 Å². The fourth-order valence-electron chi connectivity index (χ4n) is 8.60. The van der Waals surface area contributed by atoms with Crippen molar-refractivity contribution >= 4 is 69.8 Å². The van der Waals surface area contributed by atoms with E-state index in [2.05, 4.69) is 13.8 Å². The fraction of sp³-hybridized carbons (Fsp3) is 0.963. The summed E-state index contributed by atoms with van der Waals surface area (Å²) in [4.78, 5) is 27.4. The number of hydrogen-bond acceptors (Lipinski definition) is 8. The van der Waals surface area contributed by atoms with Crippen LogP contribution >= 0.6 is 0 Å². The molecule has 2 amide bonds. The van der Waals surface area contributed by atoms with Crippen LogP contribution in [0.5, 0.6) is 0 Å². The first-order valence-electron chi connectivity index (χ1n) is 28.1. The zero-order chi connectivity index (χ0) is 49.3. The summed E-state index contributed by atoms with van der Waals surface area (Å²) in [6.45, 7) is 5.60. The maximum atomic E-state index is 12.1. The summed E-state index contributed by atoms with van der Waals surface area (Å²) in [5.74, 6) is -0.443. The number of carbonyl (C=O) groups is 2. The van der Waals surface area contributed by atoms with Crippen LogP contribution in [0, 0.1) is 0 Å². The molecule has 0 rings (SSSR count). The van der Waals surface area contributed by atoms with Gasteiger partial charge in [-0.25, -0.2) is 16.8 Å². The Hall–Kier alpha value is 0.0197. The van der Waals surface area contributed by atoms with Gasteiger partial charge in [0.2, 0.25) is 11.8 Å². The van der Waals surface area contributed by atoms with Crippen molar-refractivity contribution < 1.29 is 35.5 Å². The van der Waals surface area contributed by atoms with Crippen LogP contribution in [0.2, 0.25) is 0 Å². The van der Waals surface area contributed by atoms with Gasteiger partial charge in [-0.2, -0.15) is 0 Å². The van der Waals surface area contributed by atoms with Crippen LogP contribution in [0.1, 0.15) is 296 Å².